The topological polar surface area (TPSA) is 50.9 Å². The number of aromatic nitrogens is 1. The van der Waals surface area contributed by atoms with Crippen LogP contribution in [0.5, 0.6) is 0 Å². The Morgan fingerprint density at radius 2 is 2.33 bits per heavy atom. The maximum atomic E-state index is 5.54. The van der Waals surface area contributed by atoms with Crippen molar-refractivity contribution >= 4 is 15.9 Å². The molecule has 0 aromatic carbocycles. The second-order valence-corrected chi connectivity index (χ2v) is 5.13. The molecular weight excluding hydrogens is 254 g/mol. The van der Waals surface area contributed by atoms with E-state index in [1.165, 1.54) is 19.3 Å². The van der Waals surface area contributed by atoms with Gasteiger partial charge in [0.2, 0.25) is 0 Å². The fourth-order valence-corrected chi connectivity index (χ4v) is 1.98. The van der Waals surface area contributed by atoms with E-state index in [0.29, 0.717) is 6.04 Å². The van der Waals surface area contributed by atoms with E-state index in [9.17, 15) is 0 Å². The Morgan fingerprint density at radius 1 is 1.53 bits per heavy atom. The number of rotatable bonds is 5. The van der Waals surface area contributed by atoms with E-state index in [1.54, 1.807) is 0 Å². The zero-order chi connectivity index (χ0) is 10.7. The molecule has 0 aliphatic heterocycles. The van der Waals surface area contributed by atoms with E-state index in [1.807, 2.05) is 18.3 Å². The van der Waals surface area contributed by atoms with Gasteiger partial charge >= 0.3 is 0 Å². The molecule has 82 valence electrons. The summed E-state index contributed by atoms with van der Waals surface area (Å²) in [6.45, 7) is 0. The standard InChI is InChI=1S/C11H16BrN3/c12-9-3-4-10(14-7-9)6-11(15-13)5-8-1-2-8/h3-4,7-8,11,15H,1-2,5-6,13H2. The lowest BCUT2D eigenvalue weighted by molar-refractivity contribution is 0.462. The van der Waals surface area contributed by atoms with Crippen molar-refractivity contribution in [1.82, 2.24) is 10.4 Å². The molecule has 0 spiro atoms. The first-order valence-corrected chi connectivity index (χ1v) is 6.14. The Hall–Kier alpha value is -0.450. The number of nitrogens with zero attached hydrogens (tertiary/aromatic N) is 1. The van der Waals surface area contributed by atoms with Crippen molar-refractivity contribution in [3.05, 3.63) is 28.5 Å². The van der Waals surface area contributed by atoms with Crippen molar-refractivity contribution in [3.8, 4) is 0 Å². The van der Waals surface area contributed by atoms with Crippen LogP contribution in [0.1, 0.15) is 25.0 Å². The van der Waals surface area contributed by atoms with Gasteiger partial charge in [-0.15, -0.1) is 0 Å². The molecular formula is C11H16BrN3. The zero-order valence-electron chi connectivity index (χ0n) is 8.62. The lowest BCUT2D eigenvalue weighted by Gasteiger charge is -2.14. The summed E-state index contributed by atoms with van der Waals surface area (Å²) in [5, 5.41) is 0. The van der Waals surface area contributed by atoms with E-state index in [2.05, 4.69) is 26.3 Å². The number of hydrogen-bond donors (Lipinski definition) is 2. The summed E-state index contributed by atoms with van der Waals surface area (Å²) in [6, 6.07) is 4.43. The SMILES string of the molecule is NNC(Cc1ccc(Br)cn1)CC1CC1. The van der Waals surface area contributed by atoms with Crippen LogP contribution in [-0.2, 0) is 6.42 Å². The van der Waals surface area contributed by atoms with Crippen LogP contribution >= 0.6 is 15.9 Å². The third-order valence-corrected chi connectivity index (χ3v) is 3.26. The van der Waals surface area contributed by atoms with Crippen molar-refractivity contribution < 1.29 is 0 Å². The van der Waals surface area contributed by atoms with Gasteiger partial charge < -0.3 is 0 Å². The Bertz CT molecular complexity index is 308. The molecule has 2 rings (SSSR count). The van der Waals surface area contributed by atoms with E-state index in [0.717, 1.165) is 22.5 Å². The highest BCUT2D eigenvalue weighted by Crippen LogP contribution is 2.33. The monoisotopic (exact) mass is 269 g/mol. The first kappa shape index (κ1) is 11.0. The maximum Gasteiger partial charge on any atom is 0.0420 e. The third-order valence-electron chi connectivity index (χ3n) is 2.79. The largest absolute Gasteiger partial charge is 0.271 e. The minimum atomic E-state index is 0.367. The highest BCUT2D eigenvalue weighted by atomic mass is 79.9. The molecule has 1 fully saturated rings. The van der Waals surface area contributed by atoms with Crippen LogP contribution in [0.4, 0.5) is 0 Å². The van der Waals surface area contributed by atoms with Crippen LogP contribution in [0, 0.1) is 5.92 Å². The molecule has 0 radical (unpaired) electrons. The lowest BCUT2D eigenvalue weighted by Crippen LogP contribution is -2.37. The van der Waals surface area contributed by atoms with Crippen molar-refractivity contribution in [2.45, 2.75) is 31.7 Å². The fourth-order valence-electron chi connectivity index (χ4n) is 1.75. The number of hydrazine groups is 1. The van der Waals surface area contributed by atoms with E-state index in [4.69, 9.17) is 5.84 Å². The molecule has 1 aromatic heterocycles. The summed E-state index contributed by atoms with van der Waals surface area (Å²) in [6.07, 6.45) is 6.66. The van der Waals surface area contributed by atoms with Gasteiger partial charge in [0.25, 0.3) is 0 Å². The summed E-state index contributed by atoms with van der Waals surface area (Å²) in [4.78, 5) is 4.35. The molecule has 0 bridgehead atoms. The van der Waals surface area contributed by atoms with Gasteiger partial charge in [-0.25, -0.2) is 0 Å². The molecule has 1 heterocycles. The van der Waals surface area contributed by atoms with Crippen LogP contribution in [0.3, 0.4) is 0 Å². The Labute approximate surface area is 98.6 Å². The van der Waals surface area contributed by atoms with Crippen molar-refractivity contribution in [1.29, 1.82) is 0 Å². The van der Waals surface area contributed by atoms with Crippen LogP contribution < -0.4 is 11.3 Å². The van der Waals surface area contributed by atoms with E-state index >= 15 is 0 Å². The molecule has 3 N–H and O–H groups in total. The Balaban J connectivity index is 1.89. The molecule has 15 heavy (non-hydrogen) atoms. The highest BCUT2D eigenvalue weighted by Gasteiger charge is 2.25. The van der Waals surface area contributed by atoms with Gasteiger partial charge in [0.15, 0.2) is 0 Å². The van der Waals surface area contributed by atoms with Gasteiger partial charge in [-0.2, -0.15) is 0 Å². The molecule has 1 aliphatic carbocycles. The molecule has 3 nitrogen and oxygen atoms in total. The molecule has 1 aliphatic rings. The quantitative estimate of drug-likeness (QED) is 0.635. The maximum absolute atomic E-state index is 5.54. The van der Waals surface area contributed by atoms with Crippen LogP contribution in [0.15, 0.2) is 22.8 Å². The Kier molecular flexibility index (Phi) is 3.72. The second-order valence-electron chi connectivity index (χ2n) is 4.21. The summed E-state index contributed by atoms with van der Waals surface area (Å²) < 4.78 is 1.02. The Morgan fingerprint density at radius 3 is 2.87 bits per heavy atom. The minimum absolute atomic E-state index is 0.367. The van der Waals surface area contributed by atoms with E-state index < -0.39 is 0 Å². The minimum Gasteiger partial charge on any atom is -0.271 e. The second kappa shape index (κ2) is 5.05. The van der Waals surface area contributed by atoms with Gasteiger partial charge in [-0.1, -0.05) is 12.8 Å². The van der Waals surface area contributed by atoms with Gasteiger partial charge in [0.1, 0.15) is 0 Å². The molecule has 1 saturated carbocycles. The van der Waals surface area contributed by atoms with Crippen LogP contribution in [0.2, 0.25) is 0 Å². The molecule has 0 saturated heterocycles. The first-order chi connectivity index (χ1) is 7.28. The fraction of sp³-hybridized carbons (Fsp3) is 0.545. The molecule has 1 aromatic rings. The average molecular weight is 270 g/mol. The van der Waals surface area contributed by atoms with Crippen LogP contribution in [0.25, 0.3) is 0 Å². The molecule has 4 heteroatoms. The molecule has 1 unspecified atom stereocenters. The number of nitrogens with one attached hydrogen (secondary N) is 1. The predicted octanol–water partition coefficient (Wildman–Crippen LogP) is 2.02. The lowest BCUT2D eigenvalue weighted by atomic mass is 10.1. The average Bonchev–Trinajstić information content (AvgIpc) is 3.04. The molecule has 0 amide bonds. The van der Waals surface area contributed by atoms with Crippen molar-refractivity contribution in [3.63, 3.8) is 0 Å². The smallest absolute Gasteiger partial charge is 0.0420 e. The third kappa shape index (κ3) is 3.55. The van der Waals surface area contributed by atoms with Crippen molar-refractivity contribution in [2.24, 2.45) is 11.8 Å². The summed E-state index contributed by atoms with van der Waals surface area (Å²) in [7, 11) is 0. The van der Waals surface area contributed by atoms with Gasteiger partial charge in [0, 0.05) is 28.8 Å². The highest BCUT2D eigenvalue weighted by molar-refractivity contribution is 9.10. The van der Waals surface area contributed by atoms with Crippen molar-refractivity contribution in [2.75, 3.05) is 0 Å². The van der Waals surface area contributed by atoms with Gasteiger partial charge in [-0.05, 0) is 40.4 Å². The zero-order valence-corrected chi connectivity index (χ0v) is 10.2. The van der Waals surface area contributed by atoms with Gasteiger partial charge in [0.05, 0.1) is 0 Å². The van der Waals surface area contributed by atoms with Crippen LogP contribution in [-0.4, -0.2) is 11.0 Å². The normalized spacial score (nSPS) is 17.7. The van der Waals surface area contributed by atoms with E-state index in [-0.39, 0.29) is 0 Å². The summed E-state index contributed by atoms with van der Waals surface area (Å²) in [5.74, 6) is 6.43. The summed E-state index contributed by atoms with van der Waals surface area (Å²) in [5.41, 5.74) is 3.98. The first-order valence-electron chi connectivity index (χ1n) is 5.34. The summed E-state index contributed by atoms with van der Waals surface area (Å²) >= 11 is 3.38. The number of halogens is 1. The number of nitrogens with two attached hydrogens (primary N) is 1. The number of hydrogen-bond acceptors (Lipinski definition) is 3. The van der Waals surface area contributed by atoms with Gasteiger partial charge in [-0.3, -0.25) is 16.3 Å². The molecule has 1 atom stereocenters. The predicted molar refractivity (Wildman–Crippen MR) is 64.1 cm³/mol. The number of pyridine rings is 1.